The number of alkyl halides is 3. The summed E-state index contributed by atoms with van der Waals surface area (Å²) in [7, 11) is 1.94. The van der Waals surface area contributed by atoms with Crippen molar-refractivity contribution in [3.8, 4) is 0 Å². The molecule has 3 saturated carbocycles. The van der Waals surface area contributed by atoms with Gasteiger partial charge in [0.1, 0.15) is 0 Å². The van der Waals surface area contributed by atoms with E-state index in [1.54, 1.807) is 12.1 Å². The number of rotatable bonds is 4. The summed E-state index contributed by atoms with van der Waals surface area (Å²) in [5.41, 5.74) is -0.113. The first-order valence-corrected chi connectivity index (χ1v) is 13.3. The number of carbonyl (C=O) groups is 2. The molecule has 0 aromatic heterocycles. The molecule has 7 atom stereocenters. The molecule has 4 aliphatic rings. The van der Waals surface area contributed by atoms with Crippen molar-refractivity contribution in [2.24, 2.45) is 34.5 Å². The highest BCUT2D eigenvalue weighted by Crippen LogP contribution is 2.65. The Morgan fingerprint density at radius 1 is 1.11 bits per heavy atom. The van der Waals surface area contributed by atoms with Gasteiger partial charge < -0.3 is 10.2 Å². The van der Waals surface area contributed by atoms with Gasteiger partial charge in [0.25, 0.3) is 0 Å². The molecule has 1 aliphatic heterocycles. The van der Waals surface area contributed by atoms with Gasteiger partial charge in [-0.05, 0) is 91.4 Å². The molecular formula is C29H37F3N2O2. The number of amides is 2. The average Bonchev–Trinajstić information content (AvgIpc) is 3.16. The zero-order valence-electron chi connectivity index (χ0n) is 21.4. The highest BCUT2D eigenvalue weighted by Gasteiger charge is 2.60. The monoisotopic (exact) mass is 502 g/mol. The van der Waals surface area contributed by atoms with Gasteiger partial charge >= 0.3 is 6.18 Å². The molecule has 1 aromatic rings. The van der Waals surface area contributed by atoms with Gasteiger partial charge in [-0.15, -0.1) is 0 Å². The maximum absolute atomic E-state index is 13.0. The van der Waals surface area contributed by atoms with E-state index in [4.69, 9.17) is 0 Å². The van der Waals surface area contributed by atoms with Crippen LogP contribution in [0.2, 0.25) is 0 Å². The first-order valence-electron chi connectivity index (χ1n) is 13.3. The van der Waals surface area contributed by atoms with Crippen molar-refractivity contribution >= 4 is 11.8 Å². The molecule has 196 valence electrons. The molecule has 4 nitrogen and oxygen atoms in total. The van der Waals surface area contributed by atoms with Crippen molar-refractivity contribution in [3.63, 3.8) is 0 Å². The van der Waals surface area contributed by atoms with Crippen molar-refractivity contribution in [1.29, 1.82) is 0 Å². The van der Waals surface area contributed by atoms with E-state index >= 15 is 0 Å². The van der Waals surface area contributed by atoms with Crippen LogP contribution >= 0.6 is 0 Å². The van der Waals surface area contributed by atoms with E-state index in [0.717, 1.165) is 50.7 Å². The molecular weight excluding hydrogens is 465 g/mol. The molecule has 1 unspecified atom stereocenters. The fourth-order valence-corrected chi connectivity index (χ4v) is 8.54. The first-order chi connectivity index (χ1) is 16.9. The van der Waals surface area contributed by atoms with Crippen LogP contribution in [0.5, 0.6) is 0 Å². The molecule has 1 heterocycles. The lowest BCUT2D eigenvalue weighted by Gasteiger charge is -2.60. The largest absolute Gasteiger partial charge is 0.416 e. The zero-order chi connectivity index (χ0) is 25.9. The summed E-state index contributed by atoms with van der Waals surface area (Å²) >= 11 is 0. The third-order valence-electron chi connectivity index (χ3n) is 10.5. The van der Waals surface area contributed by atoms with Crippen molar-refractivity contribution in [3.05, 3.63) is 47.5 Å². The van der Waals surface area contributed by atoms with Crippen LogP contribution in [0.4, 0.5) is 13.2 Å². The smallest absolute Gasteiger partial charge is 0.352 e. The van der Waals surface area contributed by atoms with Gasteiger partial charge in [0.2, 0.25) is 11.8 Å². The lowest BCUT2D eigenvalue weighted by molar-refractivity contribution is -0.139. The minimum Gasteiger partial charge on any atom is -0.352 e. The SMILES string of the molecule is CN1C(=O)C=C[C@]2(C)[C@H]3CC[C@]4(C)C(CC(=O)NCc5cccc(C(F)(F)F)c5)CC[C@H]4[C@@H]3CC[C@@H]12. The molecule has 3 aliphatic carbocycles. The molecule has 0 spiro atoms. The normalized spacial score (nSPS) is 37.8. The summed E-state index contributed by atoms with van der Waals surface area (Å²) in [5, 5.41) is 2.87. The number of likely N-dealkylation sites (N-methyl/N-ethyl adjacent to an activating group) is 1. The van der Waals surface area contributed by atoms with E-state index in [0.29, 0.717) is 35.7 Å². The van der Waals surface area contributed by atoms with Crippen LogP contribution in [0.3, 0.4) is 0 Å². The van der Waals surface area contributed by atoms with E-state index in [-0.39, 0.29) is 35.2 Å². The number of nitrogens with zero attached hydrogens (tertiary/aromatic N) is 1. The predicted octanol–water partition coefficient (Wildman–Crippen LogP) is 5.97. The fourth-order valence-electron chi connectivity index (χ4n) is 8.54. The van der Waals surface area contributed by atoms with Crippen LogP contribution in [0.15, 0.2) is 36.4 Å². The Balaban J connectivity index is 1.24. The van der Waals surface area contributed by atoms with Crippen LogP contribution in [0.1, 0.15) is 69.9 Å². The molecule has 0 bridgehead atoms. The Labute approximate surface area is 211 Å². The number of carbonyl (C=O) groups excluding carboxylic acids is 2. The standard InChI is InChI=1S/C29H37F3N2O2/c1-27-13-11-23-21(8-10-24-28(23,2)14-12-26(36)34(24)3)22(27)9-7-19(27)16-25(35)33-17-18-5-4-6-20(15-18)29(30,31)32/h4-6,12,14-15,19,21-24H,7-11,13,16-17H2,1-3H3,(H,33,35)/t19?,21-,22-,23-,24+,27+,28+/m0/s1. The Morgan fingerprint density at radius 3 is 2.64 bits per heavy atom. The maximum atomic E-state index is 13.0. The summed E-state index contributed by atoms with van der Waals surface area (Å²) < 4.78 is 39.0. The zero-order valence-corrected chi connectivity index (χ0v) is 21.4. The molecule has 5 rings (SSSR count). The molecule has 3 fully saturated rings. The van der Waals surface area contributed by atoms with Crippen LogP contribution in [-0.4, -0.2) is 29.8 Å². The van der Waals surface area contributed by atoms with Crippen molar-refractivity contribution in [1.82, 2.24) is 10.2 Å². The van der Waals surface area contributed by atoms with Gasteiger partial charge in [-0.3, -0.25) is 9.59 Å². The van der Waals surface area contributed by atoms with Crippen LogP contribution in [0, 0.1) is 34.5 Å². The van der Waals surface area contributed by atoms with Gasteiger partial charge in [-0.1, -0.05) is 32.1 Å². The van der Waals surface area contributed by atoms with Crippen LogP contribution in [-0.2, 0) is 22.3 Å². The van der Waals surface area contributed by atoms with Gasteiger partial charge in [-0.25, -0.2) is 0 Å². The van der Waals surface area contributed by atoms with Gasteiger partial charge in [-0.2, -0.15) is 13.2 Å². The number of hydrogen-bond acceptors (Lipinski definition) is 2. The number of fused-ring (bicyclic) bond motifs is 5. The van der Waals surface area contributed by atoms with E-state index in [2.05, 4.69) is 25.2 Å². The molecule has 1 N–H and O–H groups in total. The Bertz CT molecular complexity index is 1070. The molecule has 2 amide bonds. The fraction of sp³-hybridized carbons (Fsp3) is 0.655. The number of hydrogen-bond donors (Lipinski definition) is 1. The summed E-state index contributed by atoms with van der Waals surface area (Å²) in [6.07, 6.45) is 6.49. The summed E-state index contributed by atoms with van der Waals surface area (Å²) in [6, 6.07) is 5.42. The van der Waals surface area contributed by atoms with Crippen molar-refractivity contribution in [2.45, 2.75) is 77.6 Å². The topological polar surface area (TPSA) is 49.4 Å². The maximum Gasteiger partial charge on any atom is 0.416 e. The predicted molar refractivity (Wildman–Crippen MR) is 131 cm³/mol. The molecule has 36 heavy (non-hydrogen) atoms. The first kappa shape index (κ1) is 25.3. The van der Waals surface area contributed by atoms with E-state index in [9.17, 15) is 22.8 Å². The second-order valence-electron chi connectivity index (χ2n) is 12.1. The highest BCUT2D eigenvalue weighted by molar-refractivity contribution is 5.89. The number of benzene rings is 1. The van der Waals surface area contributed by atoms with Gasteiger partial charge in [0.05, 0.1) is 5.56 Å². The molecule has 1 aromatic carbocycles. The van der Waals surface area contributed by atoms with Crippen molar-refractivity contribution < 1.29 is 22.8 Å². The molecule has 7 heteroatoms. The van der Waals surface area contributed by atoms with E-state index in [1.807, 2.05) is 11.9 Å². The minimum absolute atomic E-state index is 0.00726. The lowest BCUT2D eigenvalue weighted by Crippen LogP contribution is -2.59. The van der Waals surface area contributed by atoms with Gasteiger partial charge in [0.15, 0.2) is 0 Å². The van der Waals surface area contributed by atoms with Crippen molar-refractivity contribution in [2.75, 3.05) is 7.05 Å². The summed E-state index contributed by atoms with van der Waals surface area (Å²) in [5.74, 6) is 2.05. The highest BCUT2D eigenvalue weighted by atomic mass is 19.4. The molecule has 0 radical (unpaired) electrons. The third-order valence-corrected chi connectivity index (χ3v) is 10.5. The number of halogens is 3. The molecule has 0 saturated heterocycles. The summed E-state index contributed by atoms with van der Waals surface area (Å²) in [6.45, 7) is 4.81. The Hall–Kier alpha value is -2.31. The lowest BCUT2D eigenvalue weighted by atomic mass is 9.47. The Morgan fingerprint density at radius 2 is 1.89 bits per heavy atom. The second-order valence-corrected chi connectivity index (χ2v) is 12.1. The third kappa shape index (κ3) is 4.16. The minimum atomic E-state index is -4.39. The van der Waals surface area contributed by atoms with Crippen LogP contribution in [0.25, 0.3) is 0 Å². The number of nitrogens with one attached hydrogen (secondary N) is 1. The van der Waals surface area contributed by atoms with Gasteiger partial charge in [0, 0.05) is 31.5 Å². The van der Waals surface area contributed by atoms with Crippen LogP contribution < -0.4 is 5.32 Å². The van der Waals surface area contributed by atoms with E-state index in [1.165, 1.54) is 6.07 Å². The van der Waals surface area contributed by atoms with E-state index < -0.39 is 11.7 Å². The quantitative estimate of drug-likeness (QED) is 0.552. The Kier molecular flexibility index (Phi) is 6.27. The average molecular weight is 503 g/mol. The second kappa shape index (κ2) is 8.91. The summed E-state index contributed by atoms with van der Waals surface area (Å²) in [4.78, 5) is 27.1.